The van der Waals surface area contributed by atoms with Crippen molar-refractivity contribution in [1.82, 2.24) is 0 Å². The lowest BCUT2D eigenvalue weighted by atomic mass is 9.94. The van der Waals surface area contributed by atoms with E-state index in [1.165, 1.54) is 40.7 Å². The van der Waals surface area contributed by atoms with Crippen molar-refractivity contribution in [3.63, 3.8) is 0 Å². The Morgan fingerprint density at radius 1 is 0.471 bits per heavy atom. The van der Waals surface area contributed by atoms with Gasteiger partial charge in [-0.2, -0.15) is 0 Å². The van der Waals surface area contributed by atoms with E-state index < -0.39 is 232 Å². The second kappa shape index (κ2) is 42.1. The Bertz CT molecular complexity index is 2830. The van der Waals surface area contributed by atoms with E-state index in [0.29, 0.717) is 38.5 Å². The van der Waals surface area contributed by atoms with Crippen LogP contribution < -0.4 is 0 Å². The van der Waals surface area contributed by atoms with E-state index in [1.54, 1.807) is 13.8 Å². The smallest absolute Gasteiger partial charge is 0.330 e. The van der Waals surface area contributed by atoms with Gasteiger partial charge in [-0.3, -0.25) is 52.7 Å². The molecule has 24 atom stereocenters. The third kappa shape index (κ3) is 26.3. The zero-order valence-electron chi connectivity index (χ0n) is 61.4. The van der Waals surface area contributed by atoms with Gasteiger partial charge in [0.15, 0.2) is 86.2 Å². The summed E-state index contributed by atoms with van der Waals surface area (Å²) in [5, 5.41) is 0. The summed E-state index contributed by atoms with van der Waals surface area (Å²) in [6.07, 6.45) is -28.6. The van der Waals surface area contributed by atoms with E-state index in [9.17, 15) is 57.5 Å². The first-order valence-corrected chi connectivity index (χ1v) is 35.2. The molecule has 5 heterocycles. The Hall–Kier alpha value is -6.94. The van der Waals surface area contributed by atoms with Crippen molar-refractivity contribution in [2.24, 2.45) is 11.8 Å². The highest BCUT2D eigenvalue weighted by Gasteiger charge is 2.62. The predicted molar refractivity (Wildman–Crippen MR) is 346 cm³/mol. The highest BCUT2D eigenvalue weighted by molar-refractivity contribution is 5.82. The van der Waals surface area contributed by atoms with Crippen LogP contribution in [0.2, 0.25) is 0 Å². The maximum Gasteiger partial charge on any atom is 0.330 e. The molecule has 5 aliphatic heterocycles. The first-order chi connectivity index (χ1) is 48.3. The van der Waals surface area contributed by atoms with Gasteiger partial charge in [0.1, 0.15) is 43.7 Å². The van der Waals surface area contributed by atoms with Crippen molar-refractivity contribution >= 4 is 71.6 Å². The maximum atomic E-state index is 14.7. The van der Waals surface area contributed by atoms with Crippen LogP contribution in [0.1, 0.15) is 201 Å². The topological polar surface area (TPSA) is 389 Å². The third-order valence-electron chi connectivity index (χ3n) is 17.6. The number of hydrogen-bond donors (Lipinski definition) is 0. The molecule has 0 aliphatic carbocycles. The highest BCUT2D eigenvalue weighted by Crippen LogP contribution is 2.42. The second-order valence-electron chi connectivity index (χ2n) is 26.1. The van der Waals surface area contributed by atoms with Gasteiger partial charge in [-0.15, -0.1) is 0 Å². The van der Waals surface area contributed by atoms with Gasteiger partial charge in [-0.1, -0.05) is 84.6 Å². The predicted octanol–water partition coefficient (Wildman–Crippen LogP) is 6.21. The Labute approximate surface area is 594 Å². The molecule has 5 rings (SSSR count). The van der Waals surface area contributed by atoms with Crippen LogP contribution in [-0.4, -0.2) is 220 Å². The van der Waals surface area contributed by atoms with Crippen molar-refractivity contribution in [2.45, 2.75) is 336 Å². The van der Waals surface area contributed by atoms with Crippen molar-refractivity contribution in [1.29, 1.82) is 0 Å². The Kier molecular flexibility index (Phi) is 35.4. The summed E-state index contributed by atoms with van der Waals surface area (Å²) in [7, 11) is 0. The zero-order chi connectivity index (χ0) is 75.7. The fourth-order valence-corrected chi connectivity index (χ4v) is 12.3. The average Bonchev–Trinajstić information content (AvgIpc) is 0.756. The van der Waals surface area contributed by atoms with Crippen LogP contribution >= 0.6 is 0 Å². The largest absolute Gasteiger partial charge is 0.463 e. The van der Waals surface area contributed by atoms with E-state index in [2.05, 4.69) is 0 Å². The number of ether oxygens (including phenoxy) is 20. The van der Waals surface area contributed by atoms with E-state index in [1.807, 2.05) is 6.92 Å². The van der Waals surface area contributed by atoms with Gasteiger partial charge in [-0.25, -0.2) is 4.79 Å². The summed E-state index contributed by atoms with van der Waals surface area (Å²) in [6, 6.07) is 0. The molecule has 0 unspecified atom stereocenters. The fraction of sp³-hybridized carbons (Fsp3) is 0.800. The molecular weight excluding hydrogens is 1350 g/mol. The summed E-state index contributed by atoms with van der Waals surface area (Å²) in [5.74, 6) is -13.5. The molecule has 5 saturated heterocycles. The van der Waals surface area contributed by atoms with Gasteiger partial charge >= 0.3 is 71.6 Å². The van der Waals surface area contributed by atoms with Crippen LogP contribution in [0.25, 0.3) is 0 Å². The van der Waals surface area contributed by atoms with Crippen molar-refractivity contribution in [3.05, 3.63) is 12.2 Å². The van der Waals surface area contributed by atoms with Gasteiger partial charge in [0.25, 0.3) is 0 Å². The van der Waals surface area contributed by atoms with Gasteiger partial charge < -0.3 is 94.7 Å². The molecule has 0 N–H and O–H groups in total. The van der Waals surface area contributed by atoms with E-state index in [-0.39, 0.29) is 19.3 Å². The summed E-state index contributed by atoms with van der Waals surface area (Å²) in [4.78, 5) is 163. The standard InChI is InChI=1S/C70H106O32/c1-17-20-26-30-48-31-27-24-22-21-23-25-28-32-52(80)97-61-59(98-65(81)35(4)19-3)55(89-44(13)75)49(33-83-40(9)71)94-69(61)100-60-56(90-45(14)76)50(34-84-41(10)72)95-70(102-63-57(91-46(15)77)53(88-43(12)74)38(7)86-67(63)93-48)64(60)101-68-62(99-66(82)36(5)37(6)85-42(11)73)58(92-47(16)78)54(39(8)87-68)96-51(79)29-18-2/h18,29,35-39,48-50,53-64,67-70H,17,19-28,30-34H2,1-16H3/b29-18-/t35-,36-,37+,38+,39-,48-,49+,50+,53+,54-,55+,56+,57-,58+,59-,60-,61+,62+,63+,64+,67-,68-,69-,70-/m0/s1. The monoisotopic (exact) mass is 1460 g/mol. The Morgan fingerprint density at radius 3 is 1.55 bits per heavy atom. The number of carbonyl (C=O) groups excluding carboxylic acids is 12. The van der Waals surface area contributed by atoms with E-state index >= 15 is 0 Å². The minimum atomic E-state index is -2.23. The zero-order valence-corrected chi connectivity index (χ0v) is 61.4. The molecule has 32 heteroatoms. The number of unbranched alkanes of at least 4 members (excludes halogenated alkanes) is 2. The molecule has 102 heavy (non-hydrogen) atoms. The Balaban J connectivity index is 1.99. The SMILES string of the molecule is C/C=C\C(=O)O[C@@H]1[C@@H](OC(C)=O)[C@@H](OC(=O)[C@@H](C)[C@@H](C)OC(C)=O)[C@H](O[C@H]2[C@@H]3O[C@H]4[C@H](O[C@@H](CCCCC)CCCCCCCCCC(=O)O[C@H]5[C@H](O[C@H]2[C@H](OC(C)=O)[C@@H](COC(C)=O)O3)O[C@H](COC(C)=O)[C@@H](OC(C)=O)[C@@H]5OC(=O)[C@@H](C)CC)O[C@H](C)[C@@H](OC(C)=O)[C@@H]4OC(C)=O)O[C@H]1C. The van der Waals surface area contributed by atoms with Crippen LogP contribution in [-0.2, 0) is 152 Å². The van der Waals surface area contributed by atoms with E-state index in [0.717, 1.165) is 93.6 Å². The summed E-state index contributed by atoms with van der Waals surface area (Å²) >= 11 is 0. The van der Waals surface area contributed by atoms with Gasteiger partial charge in [0.05, 0.1) is 30.1 Å². The van der Waals surface area contributed by atoms with Crippen LogP contribution in [0.4, 0.5) is 0 Å². The number of carbonyl (C=O) groups is 12. The molecule has 0 aromatic heterocycles. The molecule has 0 radical (unpaired) electrons. The van der Waals surface area contributed by atoms with Crippen molar-refractivity contribution in [3.8, 4) is 0 Å². The molecule has 0 saturated carbocycles. The number of allylic oxidation sites excluding steroid dienone is 1. The molecule has 5 aliphatic rings. The normalized spacial score (nSPS) is 32.9. The molecule has 32 nitrogen and oxygen atoms in total. The molecule has 2 bridgehead atoms. The van der Waals surface area contributed by atoms with Crippen LogP contribution in [0.3, 0.4) is 0 Å². The summed E-state index contributed by atoms with van der Waals surface area (Å²) in [5.41, 5.74) is 0. The Morgan fingerprint density at radius 2 is 0.971 bits per heavy atom. The lowest BCUT2D eigenvalue weighted by Crippen LogP contribution is -2.70. The molecule has 0 aromatic carbocycles. The summed E-state index contributed by atoms with van der Waals surface area (Å²) < 4.78 is 126. The lowest BCUT2D eigenvalue weighted by Gasteiger charge is -2.52. The minimum absolute atomic E-state index is 0.202. The number of rotatable bonds is 24. The summed E-state index contributed by atoms with van der Waals surface area (Å²) in [6.45, 7) is 19.2. The lowest BCUT2D eigenvalue weighted by molar-refractivity contribution is -0.409. The van der Waals surface area contributed by atoms with Crippen molar-refractivity contribution < 1.29 is 152 Å². The van der Waals surface area contributed by atoms with Crippen LogP contribution in [0, 0.1) is 11.8 Å². The van der Waals surface area contributed by atoms with Gasteiger partial charge in [-0.05, 0) is 60.3 Å². The average molecular weight is 1460 g/mol. The minimum Gasteiger partial charge on any atom is -0.463 e. The van der Waals surface area contributed by atoms with Gasteiger partial charge in [0, 0.05) is 67.9 Å². The highest BCUT2D eigenvalue weighted by atomic mass is 16.8. The molecule has 578 valence electrons. The number of fused-ring (bicyclic) bond motifs is 4. The second-order valence-corrected chi connectivity index (χ2v) is 26.1. The molecule has 0 amide bonds. The fourth-order valence-electron chi connectivity index (χ4n) is 12.3. The van der Waals surface area contributed by atoms with Crippen LogP contribution in [0.15, 0.2) is 12.2 Å². The number of hydrogen-bond acceptors (Lipinski definition) is 32. The van der Waals surface area contributed by atoms with Crippen molar-refractivity contribution in [2.75, 3.05) is 13.2 Å². The van der Waals surface area contributed by atoms with Crippen LogP contribution in [0.5, 0.6) is 0 Å². The quantitative estimate of drug-likeness (QED) is 0.0448. The van der Waals surface area contributed by atoms with E-state index in [4.69, 9.17) is 94.7 Å². The molecular formula is C70H106O32. The first kappa shape index (κ1) is 85.7. The molecule has 5 fully saturated rings. The maximum absolute atomic E-state index is 14.7. The number of esters is 12. The molecule has 0 spiro atoms. The first-order valence-electron chi connectivity index (χ1n) is 35.2. The molecule has 0 aromatic rings. The van der Waals surface area contributed by atoms with Gasteiger partial charge in [0.2, 0.25) is 0 Å². The third-order valence-corrected chi connectivity index (χ3v) is 17.6.